The maximum atomic E-state index is 12.2. The lowest BCUT2D eigenvalue weighted by Gasteiger charge is -2.06. The van der Waals surface area contributed by atoms with E-state index in [1.165, 1.54) is 17.4 Å². The van der Waals surface area contributed by atoms with Gasteiger partial charge >= 0.3 is 0 Å². The quantitative estimate of drug-likeness (QED) is 0.819. The molecule has 2 N–H and O–H groups in total. The van der Waals surface area contributed by atoms with Crippen molar-refractivity contribution in [2.75, 3.05) is 0 Å². The third-order valence-electron chi connectivity index (χ3n) is 2.98. The van der Waals surface area contributed by atoms with Gasteiger partial charge < -0.3 is 9.73 Å². The molecule has 0 saturated heterocycles. The molecule has 116 valence electrons. The monoisotopic (exact) mass is 328 g/mol. The smallest absolute Gasteiger partial charge is 0.274 e. The fourth-order valence-corrected chi connectivity index (χ4v) is 3.60. The second-order valence-corrected chi connectivity index (χ2v) is 7.81. The minimum Gasteiger partial charge on any atom is -0.447 e. The average molecular weight is 328 g/mol. The molecule has 7 heteroatoms. The summed E-state index contributed by atoms with van der Waals surface area (Å²) in [5.41, 5.74) is 1.09. The highest BCUT2D eigenvalue weighted by atomic mass is 32.2. The molecule has 0 fully saturated rings. The first-order valence-electron chi connectivity index (χ1n) is 6.73. The second kappa shape index (κ2) is 6.74. The Hall–Kier alpha value is -1.15. The number of hydrogen-bond acceptors (Lipinski definition) is 5. The van der Waals surface area contributed by atoms with Crippen molar-refractivity contribution in [3.8, 4) is 0 Å². The van der Waals surface area contributed by atoms with Gasteiger partial charge in [-0.25, -0.2) is 13.1 Å². The highest BCUT2D eigenvalue weighted by molar-refractivity contribution is 7.89. The zero-order valence-electron chi connectivity index (χ0n) is 12.3. The molecule has 0 amide bonds. The first-order valence-corrected chi connectivity index (χ1v) is 9.09. The topological polar surface area (TPSA) is 71.3 Å². The van der Waals surface area contributed by atoms with Crippen LogP contribution in [0, 0.1) is 6.92 Å². The Morgan fingerprint density at radius 3 is 2.62 bits per heavy atom. The van der Waals surface area contributed by atoms with E-state index >= 15 is 0 Å². The standard InChI is InChI=1S/C14H20N2O3S2/c1-10(2)15-8-12-4-5-14(19-12)21(17,18)16-9-13-11(3)6-7-20-13/h4-7,10,15-16H,8-9H2,1-3H3. The number of thiophene rings is 1. The molecule has 0 aromatic carbocycles. The molecule has 0 bridgehead atoms. The van der Waals surface area contributed by atoms with Crippen LogP contribution < -0.4 is 10.0 Å². The van der Waals surface area contributed by atoms with Crippen LogP contribution in [0.4, 0.5) is 0 Å². The molecule has 21 heavy (non-hydrogen) atoms. The van der Waals surface area contributed by atoms with Crippen molar-refractivity contribution in [2.45, 2.75) is 45.0 Å². The van der Waals surface area contributed by atoms with E-state index < -0.39 is 10.0 Å². The maximum absolute atomic E-state index is 12.2. The van der Waals surface area contributed by atoms with Gasteiger partial charge in [0.2, 0.25) is 5.09 Å². The molecule has 0 radical (unpaired) electrons. The van der Waals surface area contributed by atoms with Crippen molar-refractivity contribution in [1.29, 1.82) is 0 Å². The van der Waals surface area contributed by atoms with Crippen LogP contribution in [-0.4, -0.2) is 14.5 Å². The van der Waals surface area contributed by atoms with Gasteiger partial charge in [0.25, 0.3) is 10.0 Å². The lowest BCUT2D eigenvalue weighted by molar-refractivity contribution is 0.393. The van der Waals surface area contributed by atoms with E-state index in [1.54, 1.807) is 6.07 Å². The zero-order valence-corrected chi connectivity index (χ0v) is 14.0. The van der Waals surface area contributed by atoms with E-state index in [1.807, 2.05) is 32.2 Å². The fraction of sp³-hybridized carbons (Fsp3) is 0.429. The molecule has 2 rings (SSSR count). The van der Waals surface area contributed by atoms with Crippen LogP contribution in [0.1, 0.15) is 30.0 Å². The Kier molecular flexibility index (Phi) is 5.21. The Morgan fingerprint density at radius 1 is 1.24 bits per heavy atom. The third kappa shape index (κ3) is 4.41. The van der Waals surface area contributed by atoms with Crippen molar-refractivity contribution < 1.29 is 12.8 Å². The maximum Gasteiger partial charge on any atom is 0.274 e. The summed E-state index contributed by atoms with van der Waals surface area (Å²) in [6.07, 6.45) is 0. The van der Waals surface area contributed by atoms with Crippen LogP contribution >= 0.6 is 11.3 Å². The second-order valence-electron chi connectivity index (χ2n) is 5.11. The molecular weight excluding hydrogens is 308 g/mol. The van der Waals surface area contributed by atoms with E-state index in [0.29, 0.717) is 18.3 Å². The molecule has 0 unspecified atom stereocenters. The lowest BCUT2D eigenvalue weighted by Crippen LogP contribution is -2.23. The molecule has 0 atom stereocenters. The van der Waals surface area contributed by atoms with E-state index in [0.717, 1.165) is 10.4 Å². The number of hydrogen-bond donors (Lipinski definition) is 2. The van der Waals surface area contributed by atoms with Crippen LogP contribution in [0.3, 0.4) is 0 Å². The van der Waals surface area contributed by atoms with Crippen molar-refractivity contribution in [3.63, 3.8) is 0 Å². The van der Waals surface area contributed by atoms with E-state index in [4.69, 9.17) is 4.42 Å². The van der Waals surface area contributed by atoms with Gasteiger partial charge in [-0.3, -0.25) is 0 Å². The summed E-state index contributed by atoms with van der Waals surface area (Å²) in [6, 6.07) is 5.45. The Balaban J connectivity index is 2.01. The van der Waals surface area contributed by atoms with E-state index in [-0.39, 0.29) is 11.6 Å². The van der Waals surface area contributed by atoms with E-state index in [9.17, 15) is 8.42 Å². The summed E-state index contributed by atoms with van der Waals surface area (Å²) in [5, 5.41) is 5.08. The third-order valence-corrected chi connectivity index (χ3v) is 5.27. The summed E-state index contributed by atoms with van der Waals surface area (Å²) in [7, 11) is -3.61. The van der Waals surface area contributed by atoms with Crippen molar-refractivity contribution in [3.05, 3.63) is 39.8 Å². The number of furan rings is 1. The van der Waals surface area contributed by atoms with Crippen LogP contribution in [0.5, 0.6) is 0 Å². The van der Waals surface area contributed by atoms with E-state index in [2.05, 4.69) is 10.0 Å². The van der Waals surface area contributed by atoms with Crippen LogP contribution in [0.2, 0.25) is 0 Å². The molecule has 0 spiro atoms. The minimum atomic E-state index is -3.61. The van der Waals surface area contributed by atoms with Gasteiger partial charge in [-0.2, -0.15) is 0 Å². The molecule has 5 nitrogen and oxygen atoms in total. The number of rotatable bonds is 7. The van der Waals surface area contributed by atoms with Crippen LogP contribution in [0.15, 0.2) is 33.1 Å². The van der Waals surface area contributed by atoms with Gasteiger partial charge in [-0.1, -0.05) is 13.8 Å². The molecule has 0 saturated carbocycles. The average Bonchev–Trinajstić information content (AvgIpc) is 3.03. The first-order chi connectivity index (χ1) is 9.88. The largest absolute Gasteiger partial charge is 0.447 e. The molecule has 2 aromatic rings. The first kappa shape index (κ1) is 16.2. The number of aryl methyl sites for hydroxylation is 1. The van der Waals surface area contributed by atoms with Gasteiger partial charge in [0.15, 0.2) is 0 Å². The highest BCUT2D eigenvalue weighted by Crippen LogP contribution is 2.18. The molecule has 2 heterocycles. The van der Waals surface area contributed by atoms with Gasteiger partial charge in [0.05, 0.1) is 6.54 Å². The summed E-state index contributed by atoms with van der Waals surface area (Å²) in [5.74, 6) is 0.608. The zero-order chi connectivity index (χ0) is 15.5. The SMILES string of the molecule is Cc1ccsc1CNS(=O)(=O)c1ccc(CNC(C)C)o1. The Morgan fingerprint density at radius 2 is 2.00 bits per heavy atom. The van der Waals surface area contributed by atoms with Crippen molar-refractivity contribution in [1.82, 2.24) is 10.0 Å². The molecular formula is C14H20N2O3S2. The molecule has 2 aromatic heterocycles. The Bertz CT molecular complexity index is 687. The highest BCUT2D eigenvalue weighted by Gasteiger charge is 2.19. The number of nitrogens with one attached hydrogen (secondary N) is 2. The predicted molar refractivity (Wildman–Crippen MR) is 83.8 cm³/mol. The predicted octanol–water partition coefficient (Wildman–Crippen LogP) is 2.63. The molecule has 0 aliphatic heterocycles. The van der Waals surface area contributed by atoms with Gasteiger partial charge in [0.1, 0.15) is 5.76 Å². The summed E-state index contributed by atoms with van der Waals surface area (Å²) in [4.78, 5) is 1.01. The summed E-state index contributed by atoms with van der Waals surface area (Å²) in [6.45, 7) is 6.79. The van der Waals surface area contributed by atoms with Crippen LogP contribution in [-0.2, 0) is 23.1 Å². The lowest BCUT2D eigenvalue weighted by atomic mass is 10.3. The summed E-state index contributed by atoms with van der Waals surface area (Å²) < 4.78 is 32.3. The van der Waals surface area contributed by atoms with Gasteiger partial charge in [0, 0.05) is 17.5 Å². The number of sulfonamides is 1. The van der Waals surface area contributed by atoms with Crippen molar-refractivity contribution >= 4 is 21.4 Å². The summed E-state index contributed by atoms with van der Waals surface area (Å²) >= 11 is 1.53. The Labute approximate surface area is 129 Å². The molecule has 0 aliphatic carbocycles. The minimum absolute atomic E-state index is 0.0442. The van der Waals surface area contributed by atoms with Gasteiger partial charge in [-0.15, -0.1) is 11.3 Å². The van der Waals surface area contributed by atoms with Crippen molar-refractivity contribution in [2.24, 2.45) is 0 Å². The normalized spacial score (nSPS) is 12.2. The molecule has 0 aliphatic rings. The van der Waals surface area contributed by atoms with Gasteiger partial charge in [-0.05, 0) is 36.1 Å². The van der Waals surface area contributed by atoms with Crippen LogP contribution in [0.25, 0.3) is 0 Å². The fourth-order valence-electron chi connectivity index (χ4n) is 1.72.